The number of nitrogens with two attached hydrogens (primary N) is 1. The van der Waals surface area contributed by atoms with Crippen molar-refractivity contribution in [3.63, 3.8) is 0 Å². The highest BCUT2D eigenvalue weighted by Crippen LogP contribution is 2.35. The lowest BCUT2D eigenvalue weighted by molar-refractivity contribution is -0.125. The first kappa shape index (κ1) is 24.1. The Balaban J connectivity index is 1.58. The number of Topliss-reactive ketones (excluding diaryl/α,β-unsaturated/α-hetero) is 1. The average molecular weight is 481 g/mol. The monoisotopic (exact) mass is 480 g/mol. The fraction of sp³-hybridized carbons (Fsp3) is 0.417. The van der Waals surface area contributed by atoms with Crippen LogP contribution in [0.5, 0.6) is 0 Å². The highest BCUT2D eigenvalue weighted by atomic mass is 16.5. The summed E-state index contributed by atoms with van der Waals surface area (Å²) in [6.45, 7) is 7.42. The molecule has 4 rings (SSSR count). The maximum absolute atomic E-state index is 12.9. The summed E-state index contributed by atoms with van der Waals surface area (Å²) in [5.74, 6) is -1.58. The fourth-order valence-electron chi connectivity index (χ4n) is 4.52. The second kappa shape index (κ2) is 8.97. The van der Waals surface area contributed by atoms with E-state index < -0.39 is 35.3 Å². The number of benzene rings is 1. The van der Waals surface area contributed by atoms with E-state index in [-0.39, 0.29) is 30.2 Å². The molecule has 0 bridgehead atoms. The van der Waals surface area contributed by atoms with Crippen LogP contribution in [0.2, 0.25) is 0 Å². The predicted molar refractivity (Wildman–Crippen MR) is 125 cm³/mol. The van der Waals surface area contributed by atoms with Gasteiger partial charge in [0, 0.05) is 39.8 Å². The molecule has 3 heterocycles. The molecule has 2 aromatic heterocycles. The van der Waals surface area contributed by atoms with Gasteiger partial charge < -0.3 is 15.2 Å². The lowest BCUT2D eigenvalue weighted by atomic mass is 9.88. The van der Waals surface area contributed by atoms with Crippen molar-refractivity contribution in [1.29, 1.82) is 0 Å². The number of aromatic amines is 1. The number of aromatic nitrogens is 3. The van der Waals surface area contributed by atoms with Crippen LogP contribution in [0.15, 0.2) is 35.0 Å². The van der Waals surface area contributed by atoms with Crippen LogP contribution in [0.3, 0.4) is 0 Å². The number of fused-ring (bicyclic) bond motifs is 1. The largest absolute Gasteiger partial charge is 0.368 e. The molecule has 184 valence electrons. The standard InChI is InChI=1S/C24H28N6O5/c1-12(10-17(31)18-20(24(2,3)4)35-29-28-18)9-16(21(25)32)30-19(22(33)27-23(30)34)14-11-26-15-8-6-5-7-13(14)15/h5-8,11-12,16,19,26H,9-10H2,1-4H3,(H2,25,32)(H,27,33,34)/t12-,16?,19+/m0/s1. The van der Waals surface area contributed by atoms with Gasteiger partial charge in [0.1, 0.15) is 12.1 Å². The normalized spacial score (nSPS) is 18.1. The molecule has 0 aliphatic carbocycles. The number of imide groups is 1. The third-order valence-electron chi connectivity index (χ3n) is 6.16. The van der Waals surface area contributed by atoms with Crippen molar-refractivity contribution in [1.82, 2.24) is 25.6 Å². The number of ketones is 1. The molecular weight excluding hydrogens is 452 g/mol. The van der Waals surface area contributed by atoms with Crippen LogP contribution in [-0.4, -0.2) is 49.9 Å². The van der Waals surface area contributed by atoms with Crippen LogP contribution in [0, 0.1) is 5.92 Å². The van der Waals surface area contributed by atoms with Crippen molar-refractivity contribution in [2.45, 2.75) is 58.0 Å². The van der Waals surface area contributed by atoms with Crippen LogP contribution in [-0.2, 0) is 15.0 Å². The van der Waals surface area contributed by atoms with Crippen LogP contribution in [0.4, 0.5) is 4.79 Å². The van der Waals surface area contributed by atoms with E-state index in [2.05, 4.69) is 20.7 Å². The van der Waals surface area contributed by atoms with E-state index in [1.807, 2.05) is 45.0 Å². The summed E-state index contributed by atoms with van der Waals surface area (Å²) in [4.78, 5) is 55.3. The molecule has 35 heavy (non-hydrogen) atoms. The molecule has 11 nitrogen and oxygen atoms in total. The average Bonchev–Trinajstić information content (AvgIpc) is 3.48. The number of nitrogens with one attached hydrogen (secondary N) is 2. The summed E-state index contributed by atoms with van der Waals surface area (Å²) in [5, 5.41) is 10.4. The second-order valence-corrected chi connectivity index (χ2v) is 9.98. The molecule has 0 spiro atoms. The number of nitrogens with zero attached hydrogens (tertiary/aromatic N) is 3. The number of urea groups is 1. The maximum Gasteiger partial charge on any atom is 0.325 e. The van der Waals surface area contributed by atoms with Crippen molar-refractivity contribution in [2.24, 2.45) is 11.7 Å². The van der Waals surface area contributed by atoms with Gasteiger partial charge in [0.2, 0.25) is 5.91 Å². The summed E-state index contributed by atoms with van der Waals surface area (Å²) in [5.41, 5.74) is 6.73. The Labute approximate surface area is 201 Å². The lowest BCUT2D eigenvalue weighted by Crippen LogP contribution is -2.48. The van der Waals surface area contributed by atoms with Gasteiger partial charge in [0.15, 0.2) is 17.2 Å². The molecule has 1 aliphatic rings. The number of para-hydroxylation sites is 1. The SMILES string of the molecule is C[C@H](CC(=O)c1nnoc1C(C)(C)C)CC(C(N)=O)N1C(=O)NC(=O)[C@H]1c1c[nH]c2ccccc12. The number of amides is 4. The van der Waals surface area contributed by atoms with Crippen molar-refractivity contribution in [2.75, 3.05) is 0 Å². The molecule has 1 fully saturated rings. The minimum atomic E-state index is -1.11. The quantitative estimate of drug-likeness (QED) is 0.329. The summed E-state index contributed by atoms with van der Waals surface area (Å²) in [6, 6.07) is 4.50. The Kier molecular flexibility index (Phi) is 6.18. The zero-order chi connectivity index (χ0) is 25.5. The molecule has 4 amide bonds. The molecule has 4 N–H and O–H groups in total. The Bertz CT molecular complexity index is 1300. The maximum atomic E-state index is 12.9. The minimum absolute atomic E-state index is 0.0300. The number of carbonyl (C=O) groups excluding carboxylic acids is 4. The van der Waals surface area contributed by atoms with Gasteiger partial charge in [-0.25, -0.2) is 4.79 Å². The summed E-state index contributed by atoms with van der Waals surface area (Å²) >= 11 is 0. The molecule has 1 unspecified atom stereocenters. The van der Waals surface area contributed by atoms with Crippen LogP contribution in [0.25, 0.3) is 10.9 Å². The van der Waals surface area contributed by atoms with Crippen molar-refractivity contribution in [3.8, 4) is 0 Å². The third-order valence-corrected chi connectivity index (χ3v) is 6.16. The Morgan fingerprint density at radius 2 is 1.94 bits per heavy atom. The smallest absolute Gasteiger partial charge is 0.325 e. The van der Waals surface area contributed by atoms with E-state index in [1.165, 1.54) is 4.90 Å². The van der Waals surface area contributed by atoms with E-state index in [0.717, 1.165) is 10.9 Å². The van der Waals surface area contributed by atoms with Gasteiger partial charge in [-0.15, -0.1) is 5.10 Å². The van der Waals surface area contributed by atoms with Gasteiger partial charge in [-0.05, 0) is 18.4 Å². The van der Waals surface area contributed by atoms with Crippen molar-refractivity contribution < 1.29 is 23.7 Å². The summed E-state index contributed by atoms with van der Waals surface area (Å²) < 4.78 is 5.19. The number of hydrogen-bond acceptors (Lipinski definition) is 7. The summed E-state index contributed by atoms with van der Waals surface area (Å²) in [7, 11) is 0. The van der Waals surface area contributed by atoms with E-state index >= 15 is 0 Å². The molecule has 11 heteroatoms. The number of H-pyrrole nitrogens is 1. The molecule has 3 atom stereocenters. The van der Waals surface area contributed by atoms with Gasteiger partial charge in [-0.3, -0.25) is 24.6 Å². The molecule has 1 saturated heterocycles. The van der Waals surface area contributed by atoms with Gasteiger partial charge in [0.25, 0.3) is 5.91 Å². The molecule has 3 aromatic rings. The molecular formula is C24H28N6O5. The van der Waals surface area contributed by atoms with Crippen LogP contribution < -0.4 is 11.1 Å². The molecule has 0 saturated carbocycles. The van der Waals surface area contributed by atoms with E-state index in [1.54, 1.807) is 13.1 Å². The third kappa shape index (κ3) is 4.53. The zero-order valence-corrected chi connectivity index (χ0v) is 20.0. The van der Waals surface area contributed by atoms with Crippen LogP contribution in [0.1, 0.15) is 68.4 Å². The van der Waals surface area contributed by atoms with Crippen molar-refractivity contribution >= 4 is 34.5 Å². The Morgan fingerprint density at radius 3 is 2.63 bits per heavy atom. The number of primary amides is 1. The molecule has 1 aromatic carbocycles. The summed E-state index contributed by atoms with van der Waals surface area (Å²) in [6.07, 6.45) is 1.76. The second-order valence-electron chi connectivity index (χ2n) is 9.98. The first-order valence-electron chi connectivity index (χ1n) is 11.3. The van der Waals surface area contributed by atoms with E-state index in [9.17, 15) is 19.2 Å². The molecule has 1 aliphatic heterocycles. The number of rotatable bonds is 8. The van der Waals surface area contributed by atoms with Crippen molar-refractivity contribution in [3.05, 3.63) is 47.5 Å². The predicted octanol–water partition coefficient (Wildman–Crippen LogP) is 2.59. The minimum Gasteiger partial charge on any atom is -0.368 e. The van der Waals surface area contributed by atoms with Gasteiger partial charge in [-0.2, -0.15) is 0 Å². The van der Waals surface area contributed by atoms with Gasteiger partial charge in [0.05, 0.1) is 0 Å². The Hall–Kier alpha value is -4.02. The van der Waals surface area contributed by atoms with Gasteiger partial charge in [-0.1, -0.05) is 45.9 Å². The molecule has 0 radical (unpaired) electrons. The zero-order valence-electron chi connectivity index (χ0n) is 20.0. The van der Waals surface area contributed by atoms with Gasteiger partial charge >= 0.3 is 6.03 Å². The fourth-order valence-corrected chi connectivity index (χ4v) is 4.52. The first-order chi connectivity index (χ1) is 16.5. The highest BCUT2D eigenvalue weighted by Gasteiger charge is 2.46. The van der Waals surface area contributed by atoms with E-state index in [0.29, 0.717) is 11.3 Å². The lowest BCUT2D eigenvalue weighted by Gasteiger charge is -2.30. The number of carbonyl (C=O) groups is 4. The Morgan fingerprint density at radius 1 is 1.23 bits per heavy atom. The van der Waals surface area contributed by atoms with Crippen LogP contribution >= 0.6 is 0 Å². The van der Waals surface area contributed by atoms with E-state index in [4.69, 9.17) is 10.3 Å². The highest BCUT2D eigenvalue weighted by molar-refractivity contribution is 6.08. The first-order valence-corrected chi connectivity index (χ1v) is 11.3. The topological polar surface area (TPSA) is 164 Å². The number of hydrogen-bond donors (Lipinski definition) is 3.